The van der Waals surface area contributed by atoms with Crippen molar-refractivity contribution in [3.8, 4) is 0 Å². The van der Waals surface area contributed by atoms with Gasteiger partial charge in [-0.25, -0.2) is 0 Å². The molecule has 2 N–H and O–H groups in total. The lowest BCUT2D eigenvalue weighted by molar-refractivity contribution is -0.120. The van der Waals surface area contributed by atoms with Crippen LogP contribution in [0.15, 0.2) is 12.2 Å². The second-order valence-electron chi connectivity index (χ2n) is 4.51. The molecule has 0 aliphatic heterocycles. The largest absolute Gasteiger partial charge is 0.324 e. The third kappa shape index (κ3) is 2.42. The van der Waals surface area contributed by atoms with Crippen molar-refractivity contribution in [2.45, 2.75) is 25.8 Å². The maximum atomic E-state index is 12.1. The molecule has 0 aromatic carbocycles. The molecular weight excluding hydrogens is 238 g/mol. The van der Waals surface area contributed by atoms with Crippen LogP contribution in [0.25, 0.3) is 0 Å². The van der Waals surface area contributed by atoms with Gasteiger partial charge in [0.05, 0.1) is 5.69 Å². The summed E-state index contributed by atoms with van der Waals surface area (Å²) in [6.45, 7) is 1.87. The van der Waals surface area contributed by atoms with Gasteiger partial charge in [-0.3, -0.25) is 9.48 Å². The highest BCUT2D eigenvalue weighted by atomic mass is 35.5. The summed E-state index contributed by atoms with van der Waals surface area (Å²) in [6, 6.07) is 0.00872. The molecule has 1 aromatic rings. The van der Waals surface area contributed by atoms with Gasteiger partial charge < -0.3 is 5.73 Å². The molecule has 1 aromatic heterocycles. The van der Waals surface area contributed by atoms with E-state index in [-0.39, 0.29) is 17.7 Å². The van der Waals surface area contributed by atoms with Crippen molar-refractivity contribution in [3.63, 3.8) is 0 Å². The number of nitrogens with two attached hydrogens (primary N) is 1. The number of carbonyl (C=O) groups excluding carboxylic acids is 1. The SMILES string of the molecule is Cc1nn(C)c(Cl)c1CC(=O)C1C=CC(N)C1. The van der Waals surface area contributed by atoms with E-state index in [0.717, 1.165) is 11.3 Å². The van der Waals surface area contributed by atoms with Gasteiger partial charge in [0.2, 0.25) is 0 Å². The summed E-state index contributed by atoms with van der Waals surface area (Å²) in [6.07, 6.45) is 4.82. The van der Waals surface area contributed by atoms with Gasteiger partial charge >= 0.3 is 0 Å². The number of Topliss-reactive ketones (excluding diaryl/α,β-unsaturated/α-hetero) is 1. The fourth-order valence-electron chi connectivity index (χ4n) is 2.15. The molecule has 1 aliphatic rings. The molecule has 0 saturated heterocycles. The first kappa shape index (κ1) is 12.3. The number of aromatic nitrogens is 2. The van der Waals surface area contributed by atoms with Crippen LogP contribution < -0.4 is 5.73 Å². The van der Waals surface area contributed by atoms with E-state index in [0.29, 0.717) is 18.0 Å². The van der Waals surface area contributed by atoms with Crippen molar-refractivity contribution in [1.29, 1.82) is 0 Å². The van der Waals surface area contributed by atoms with Gasteiger partial charge in [0.1, 0.15) is 10.9 Å². The molecule has 2 unspecified atom stereocenters. The minimum atomic E-state index is -0.0688. The Bertz CT molecular complexity index is 478. The molecule has 0 fully saturated rings. The van der Waals surface area contributed by atoms with E-state index >= 15 is 0 Å². The molecule has 17 heavy (non-hydrogen) atoms. The molecule has 0 radical (unpaired) electrons. The van der Waals surface area contributed by atoms with Crippen LogP contribution in [0.3, 0.4) is 0 Å². The molecule has 0 spiro atoms. The zero-order valence-electron chi connectivity index (χ0n) is 9.98. The van der Waals surface area contributed by atoms with Crippen molar-refractivity contribution in [2.24, 2.45) is 18.7 Å². The molecule has 4 nitrogen and oxygen atoms in total. The van der Waals surface area contributed by atoms with E-state index in [1.807, 2.05) is 19.1 Å². The van der Waals surface area contributed by atoms with E-state index in [2.05, 4.69) is 5.10 Å². The smallest absolute Gasteiger partial charge is 0.144 e. The normalized spacial score (nSPS) is 23.3. The van der Waals surface area contributed by atoms with Gasteiger partial charge in [-0.1, -0.05) is 23.8 Å². The summed E-state index contributed by atoms with van der Waals surface area (Å²) >= 11 is 6.10. The van der Waals surface area contributed by atoms with Crippen LogP contribution in [0.1, 0.15) is 17.7 Å². The van der Waals surface area contributed by atoms with Crippen LogP contribution in [-0.4, -0.2) is 21.6 Å². The number of nitrogens with zero attached hydrogens (tertiary/aromatic N) is 2. The number of aryl methyl sites for hydroxylation is 2. The van der Waals surface area contributed by atoms with Crippen LogP contribution in [-0.2, 0) is 18.3 Å². The Labute approximate surface area is 105 Å². The Hall–Kier alpha value is -1.13. The Kier molecular flexibility index (Phi) is 3.35. The quantitative estimate of drug-likeness (QED) is 0.829. The topological polar surface area (TPSA) is 60.9 Å². The number of rotatable bonds is 3. The second-order valence-corrected chi connectivity index (χ2v) is 4.87. The summed E-state index contributed by atoms with van der Waals surface area (Å²) in [5, 5.41) is 4.74. The average molecular weight is 254 g/mol. The zero-order chi connectivity index (χ0) is 12.6. The lowest BCUT2D eigenvalue weighted by Crippen LogP contribution is -2.20. The number of hydrogen-bond acceptors (Lipinski definition) is 3. The average Bonchev–Trinajstić information content (AvgIpc) is 2.79. The lowest BCUT2D eigenvalue weighted by Gasteiger charge is -2.08. The maximum absolute atomic E-state index is 12.1. The fraction of sp³-hybridized carbons (Fsp3) is 0.500. The summed E-state index contributed by atoms with van der Waals surface area (Å²) in [5.74, 6) is 0.0906. The van der Waals surface area contributed by atoms with Crippen LogP contribution in [0, 0.1) is 12.8 Å². The van der Waals surface area contributed by atoms with Crippen molar-refractivity contribution < 1.29 is 4.79 Å². The third-order valence-corrected chi connectivity index (χ3v) is 3.62. The van der Waals surface area contributed by atoms with Gasteiger partial charge in [-0.2, -0.15) is 5.10 Å². The van der Waals surface area contributed by atoms with Crippen LogP contribution >= 0.6 is 11.6 Å². The molecule has 2 rings (SSSR count). The number of hydrogen-bond donors (Lipinski definition) is 1. The number of ketones is 1. The Morgan fingerprint density at radius 3 is 2.82 bits per heavy atom. The van der Waals surface area contributed by atoms with E-state index in [1.165, 1.54) is 0 Å². The summed E-state index contributed by atoms with van der Waals surface area (Å²) in [4.78, 5) is 12.1. The third-order valence-electron chi connectivity index (χ3n) is 3.15. The fourth-order valence-corrected chi connectivity index (χ4v) is 2.39. The predicted octanol–water partition coefficient (Wildman–Crippen LogP) is 1.40. The number of halogens is 1. The molecule has 2 atom stereocenters. The van der Waals surface area contributed by atoms with Crippen molar-refractivity contribution in [2.75, 3.05) is 0 Å². The van der Waals surface area contributed by atoms with Crippen LogP contribution in [0.4, 0.5) is 0 Å². The van der Waals surface area contributed by atoms with Gasteiger partial charge in [0, 0.05) is 31.0 Å². The molecule has 1 aliphatic carbocycles. The summed E-state index contributed by atoms with van der Waals surface area (Å²) < 4.78 is 1.59. The van der Waals surface area contributed by atoms with Gasteiger partial charge in [0.25, 0.3) is 0 Å². The Morgan fingerprint density at radius 1 is 1.65 bits per heavy atom. The first-order chi connectivity index (χ1) is 7.99. The number of carbonyl (C=O) groups is 1. The minimum absolute atomic E-state index is 0.00872. The number of allylic oxidation sites excluding steroid dienone is 1. The van der Waals surface area contributed by atoms with Crippen molar-refractivity contribution in [3.05, 3.63) is 28.6 Å². The van der Waals surface area contributed by atoms with E-state index in [4.69, 9.17) is 17.3 Å². The highest BCUT2D eigenvalue weighted by Gasteiger charge is 2.24. The van der Waals surface area contributed by atoms with E-state index in [9.17, 15) is 4.79 Å². The van der Waals surface area contributed by atoms with Gasteiger partial charge in [0.15, 0.2) is 0 Å². The first-order valence-corrected chi connectivity index (χ1v) is 6.01. The van der Waals surface area contributed by atoms with Crippen LogP contribution in [0.5, 0.6) is 0 Å². The van der Waals surface area contributed by atoms with Gasteiger partial charge in [-0.05, 0) is 13.3 Å². The van der Waals surface area contributed by atoms with E-state index in [1.54, 1.807) is 11.7 Å². The molecular formula is C12H16ClN3O. The molecule has 1 heterocycles. The highest BCUT2D eigenvalue weighted by Crippen LogP contribution is 2.24. The standard InChI is InChI=1S/C12H16ClN3O/c1-7-10(12(13)16(2)15-7)6-11(17)8-3-4-9(14)5-8/h3-4,8-9H,5-6,14H2,1-2H3. The monoisotopic (exact) mass is 253 g/mol. The first-order valence-electron chi connectivity index (χ1n) is 5.63. The molecule has 5 heteroatoms. The Morgan fingerprint density at radius 2 is 2.35 bits per heavy atom. The maximum Gasteiger partial charge on any atom is 0.144 e. The lowest BCUT2D eigenvalue weighted by atomic mass is 9.97. The van der Waals surface area contributed by atoms with Gasteiger partial charge in [-0.15, -0.1) is 0 Å². The summed E-state index contributed by atoms with van der Waals surface area (Å²) in [7, 11) is 1.77. The van der Waals surface area contributed by atoms with Crippen LogP contribution in [0.2, 0.25) is 5.15 Å². The molecule has 0 saturated carbocycles. The molecule has 0 amide bonds. The predicted molar refractivity (Wildman–Crippen MR) is 66.9 cm³/mol. The van der Waals surface area contributed by atoms with Crippen molar-refractivity contribution >= 4 is 17.4 Å². The molecule has 92 valence electrons. The summed E-state index contributed by atoms with van der Waals surface area (Å²) in [5.41, 5.74) is 7.38. The van der Waals surface area contributed by atoms with Crippen molar-refractivity contribution in [1.82, 2.24) is 9.78 Å². The zero-order valence-corrected chi connectivity index (χ0v) is 10.7. The minimum Gasteiger partial charge on any atom is -0.324 e. The second kappa shape index (κ2) is 4.63. The van der Waals surface area contributed by atoms with E-state index < -0.39 is 0 Å². The highest BCUT2D eigenvalue weighted by molar-refractivity contribution is 6.30. The molecule has 0 bridgehead atoms. The Balaban J connectivity index is 2.11.